The fourth-order valence-corrected chi connectivity index (χ4v) is 25.2. The SMILES string of the molecule is CC(C)C[C@@H]1C=C2C[C@@H]3C[C@H]4C=C[C@@]56C(=O)OC[C@]78[C@H](C(=O)[C@@H](O)[C@]9([C@@H]%10CCC[C@@H](Cc%11ccccc%11)C%10)[C@@H]7[C@H](C[C@@]35C4)C[C@@]3(C)[C@H](c4ccoc4C[C@@H]([C@@H]4CC[C@H]5[C@H](C=CN7CNC[C@@H]57)C4)[C@H](O)CO)OC(=O)[C@H]4O[C@@]493)[C@@]1(C)O[C@]286. The number of aliphatic hydroxyl groups is 3. The molecular formula is C68H84N2O11. The largest absolute Gasteiger partial charge is 0.469 e. The maximum absolute atomic E-state index is 17.2. The molecule has 1 aromatic heterocycles. The van der Waals surface area contributed by atoms with Crippen LogP contribution in [-0.4, -0.2) is 106 Å². The van der Waals surface area contributed by atoms with Crippen molar-refractivity contribution in [2.75, 3.05) is 26.4 Å². The van der Waals surface area contributed by atoms with Crippen molar-refractivity contribution >= 4 is 17.7 Å². The van der Waals surface area contributed by atoms with E-state index in [0.29, 0.717) is 48.8 Å². The minimum absolute atomic E-state index is 0.0132. The summed E-state index contributed by atoms with van der Waals surface area (Å²) < 4.78 is 36.6. The molecule has 7 saturated carbocycles. The maximum Gasteiger partial charge on any atom is 0.339 e. The lowest BCUT2D eigenvalue weighted by Crippen LogP contribution is -2.83. The van der Waals surface area contributed by atoms with Crippen LogP contribution in [0.25, 0.3) is 0 Å². The number of epoxide rings is 1. The number of hydrogen-bond acceptors (Lipinski definition) is 13. The minimum Gasteiger partial charge on any atom is -0.469 e. The van der Waals surface area contributed by atoms with E-state index in [1.807, 2.05) is 6.07 Å². The lowest BCUT2D eigenvalue weighted by atomic mass is 9.29. The lowest BCUT2D eigenvalue weighted by Gasteiger charge is -2.73. The number of esters is 2. The highest BCUT2D eigenvalue weighted by Gasteiger charge is 3.00. The number of rotatable bonds is 11. The number of hydrogen-bond donors (Lipinski definition) is 4. The Kier molecular flexibility index (Phi) is 10.7. The number of nitrogens with one attached hydrogen (secondary N) is 1. The predicted molar refractivity (Wildman–Crippen MR) is 296 cm³/mol. The van der Waals surface area contributed by atoms with E-state index in [1.165, 1.54) is 11.1 Å². The van der Waals surface area contributed by atoms with Crippen LogP contribution in [0.15, 0.2) is 83.2 Å². The third-order valence-corrected chi connectivity index (χ3v) is 27.3. The number of cyclic esters (lactones) is 2. The van der Waals surface area contributed by atoms with Crippen LogP contribution >= 0.6 is 0 Å². The average molecular weight is 1110 g/mol. The average Bonchev–Trinajstić information content (AvgIpc) is 1.83. The lowest BCUT2D eigenvalue weighted by molar-refractivity contribution is -0.307. The molecule has 5 spiro atoms. The molecule has 13 heteroatoms. The number of Topliss-reactive ketones (excluding diaryl/α,β-unsaturated/α-hetero) is 1. The molecule has 8 heterocycles. The van der Waals surface area contributed by atoms with Crippen LogP contribution in [0.1, 0.15) is 134 Å². The maximum atomic E-state index is 17.2. The third kappa shape index (κ3) is 5.82. The number of fused-ring (bicyclic) bond motifs is 6. The summed E-state index contributed by atoms with van der Waals surface area (Å²) in [5, 5.41) is 40.9. The monoisotopic (exact) mass is 1100 g/mol. The Balaban J connectivity index is 0.862. The van der Waals surface area contributed by atoms with Crippen LogP contribution in [0.3, 0.4) is 0 Å². The number of carbonyl (C=O) groups is 3. The van der Waals surface area contributed by atoms with E-state index in [2.05, 4.69) is 98.7 Å². The quantitative estimate of drug-likeness (QED) is 0.0956. The van der Waals surface area contributed by atoms with Gasteiger partial charge in [0.25, 0.3) is 0 Å². The predicted octanol–water partition coefficient (Wildman–Crippen LogP) is 8.61. The Morgan fingerprint density at radius 3 is 2.62 bits per heavy atom. The zero-order chi connectivity index (χ0) is 55.2. The zero-order valence-electron chi connectivity index (χ0n) is 47.8. The molecule has 17 rings (SSSR count). The molecule has 432 valence electrons. The van der Waals surface area contributed by atoms with Crippen LogP contribution in [-0.2, 0) is 46.2 Å². The Hall–Kier alpha value is -4.11. The van der Waals surface area contributed by atoms with Gasteiger partial charge in [-0.3, -0.25) is 14.9 Å². The van der Waals surface area contributed by atoms with Crippen LogP contribution < -0.4 is 5.32 Å². The van der Waals surface area contributed by atoms with Crippen molar-refractivity contribution in [2.24, 2.45) is 104 Å². The molecule has 2 aromatic rings. The van der Waals surface area contributed by atoms with Gasteiger partial charge in [0.05, 0.1) is 42.6 Å². The van der Waals surface area contributed by atoms with Gasteiger partial charge >= 0.3 is 11.9 Å². The van der Waals surface area contributed by atoms with Crippen molar-refractivity contribution in [1.29, 1.82) is 0 Å². The number of ketones is 1. The highest BCUT2D eigenvalue weighted by molar-refractivity contribution is 5.95. The normalized spacial score (nSPS) is 52.0. The number of furan rings is 1. The molecule has 15 aliphatic rings. The highest BCUT2D eigenvalue weighted by atomic mass is 16.7. The Bertz CT molecular complexity index is 3100. The van der Waals surface area contributed by atoms with Crippen molar-refractivity contribution in [1.82, 2.24) is 10.2 Å². The number of aliphatic hydroxyl groups excluding tert-OH is 3. The standard InChI is InChI=1S/C68H84N2O11/c1-36(2)21-44-26-46-27-45-24-39-15-18-65-60(76)78-34-64-54-42(31-63(45,65)29-39)30-61(3)57(48-17-20-77-52(48)28-49(51(72)33-71)40-13-14-47-41(25-40)16-19-70-35-69-32-50(47)70)79-59(75)58-68(61,80-58)66(54,56(74)53(73)55(64)62(44,4)81-67(46,64)65)43-12-8-11-38(23-43)22-37-9-6-5-7-10-37/h5-7,9-10,15-20,26,36,38-45,47,49-51,54-58,69,71-72,74H,8,11-14,21-25,27-35H2,1-4H3/t38-,39+,40+,41+,42-,43+,44+,45-,47-,49-,50-,51+,54+,55+,56+,57-,58+,61-,62-,63-,64+,65+,66-,67+,68+/m0/s1. The summed E-state index contributed by atoms with van der Waals surface area (Å²) in [5.41, 5.74) is -5.66. The number of carbonyl (C=O) groups excluding carboxylic acids is 3. The van der Waals surface area contributed by atoms with E-state index < -0.39 is 86.1 Å². The molecule has 8 aliphatic carbocycles. The molecule has 7 aliphatic heterocycles. The highest BCUT2D eigenvalue weighted by Crippen LogP contribution is 2.92. The van der Waals surface area contributed by atoms with Crippen LogP contribution in [0.4, 0.5) is 0 Å². The third-order valence-electron chi connectivity index (χ3n) is 27.3. The van der Waals surface area contributed by atoms with E-state index >= 15 is 14.4 Å². The number of allylic oxidation sites excluding steroid dienone is 2. The van der Waals surface area contributed by atoms with E-state index in [0.717, 1.165) is 95.8 Å². The van der Waals surface area contributed by atoms with Gasteiger partial charge in [0, 0.05) is 41.3 Å². The number of nitrogens with zero attached hydrogens (tertiary/aromatic N) is 1. The molecule has 0 radical (unpaired) electrons. The van der Waals surface area contributed by atoms with Crippen LogP contribution in [0.5, 0.6) is 0 Å². The van der Waals surface area contributed by atoms with Gasteiger partial charge in [0.15, 0.2) is 11.9 Å². The smallest absolute Gasteiger partial charge is 0.339 e. The van der Waals surface area contributed by atoms with Gasteiger partial charge in [-0.1, -0.05) is 88.2 Å². The van der Waals surface area contributed by atoms with E-state index in [4.69, 9.17) is 23.4 Å². The van der Waals surface area contributed by atoms with Gasteiger partial charge < -0.3 is 43.6 Å². The first-order chi connectivity index (χ1) is 39.1. The van der Waals surface area contributed by atoms with Crippen LogP contribution in [0, 0.1) is 104 Å². The number of benzene rings is 1. The Morgan fingerprint density at radius 2 is 1.79 bits per heavy atom. The topological polar surface area (TPSA) is 181 Å². The van der Waals surface area contributed by atoms with Crippen molar-refractivity contribution in [3.8, 4) is 0 Å². The molecule has 1 aromatic carbocycles. The van der Waals surface area contributed by atoms with E-state index in [9.17, 15) is 15.3 Å². The summed E-state index contributed by atoms with van der Waals surface area (Å²) in [6.07, 6.45) is 21.1. The molecule has 5 saturated heterocycles. The van der Waals surface area contributed by atoms with E-state index in [-0.39, 0.29) is 72.3 Å². The van der Waals surface area contributed by atoms with Gasteiger partial charge in [-0.2, -0.15) is 0 Å². The fourth-order valence-electron chi connectivity index (χ4n) is 25.2. The molecule has 6 bridgehead atoms. The number of ether oxygens (including phenoxy) is 4. The summed E-state index contributed by atoms with van der Waals surface area (Å²) in [5.74, 6) is -0.444. The Labute approximate surface area is 476 Å². The van der Waals surface area contributed by atoms with Gasteiger partial charge in [-0.05, 0) is 178 Å². The molecule has 81 heavy (non-hydrogen) atoms. The molecule has 4 N–H and O–H groups in total. The van der Waals surface area contributed by atoms with E-state index in [1.54, 1.807) is 6.26 Å². The first-order valence-electron chi connectivity index (χ1n) is 32.0. The second kappa shape index (κ2) is 16.9. The summed E-state index contributed by atoms with van der Waals surface area (Å²) in [4.78, 5) is 51.2. The van der Waals surface area contributed by atoms with Crippen molar-refractivity contribution in [2.45, 2.75) is 171 Å². The minimum atomic E-state index is -1.52. The van der Waals surface area contributed by atoms with Crippen molar-refractivity contribution in [3.63, 3.8) is 0 Å². The second-order valence-corrected chi connectivity index (χ2v) is 30.5. The van der Waals surface area contributed by atoms with Gasteiger partial charge in [-0.25, -0.2) is 4.79 Å². The van der Waals surface area contributed by atoms with Gasteiger partial charge in [0.2, 0.25) is 0 Å². The second-order valence-electron chi connectivity index (χ2n) is 30.5. The molecule has 25 atom stereocenters. The summed E-state index contributed by atoms with van der Waals surface area (Å²) in [7, 11) is 0. The molecule has 12 fully saturated rings. The fraction of sp³-hybridized carbons (Fsp3) is 0.721. The summed E-state index contributed by atoms with van der Waals surface area (Å²) in [6.45, 7) is 10.4. The molecule has 13 nitrogen and oxygen atoms in total. The zero-order valence-corrected chi connectivity index (χ0v) is 47.8. The van der Waals surface area contributed by atoms with Crippen molar-refractivity contribution < 1.29 is 53.1 Å². The summed E-state index contributed by atoms with van der Waals surface area (Å²) in [6, 6.07) is 13.1. The van der Waals surface area contributed by atoms with Gasteiger partial charge in [0.1, 0.15) is 41.2 Å². The first kappa shape index (κ1) is 51.3. The van der Waals surface area contributed by atoms with Gasteiger partial charge in [-0.15, -0.1) is 0 Å². The Morgan fingerprint density at radius 1 is 0.938 bits per heavy atom. The van der Waals surface area contributed by atoms with Crippen LogP contribution in [0.2, 0.25) is 0 Å². The first-order valence-corrected chi connectivity index (χ1v) is 32.0. The molecule has 0 unspecified atom stereocenters. The molecular weight excluding hydrogens is 1020 g/mol. The molecule has 0 amide bonds. The summed E-state index contributed by atoms with van der Waals surface area (Å²) >= 11 is 0. The van der Waals surface area contributed by atoms with Crippen molar-refractivity contribution in [3.05, 3.63) is 95.6 Å².